The lowest BCUT2D eigenvalue weighted by Gasteiger charge is -2.01. The van der Waals surface area contributed by atoms with Gasteiger partial charge < -0.3 is 9.58 Å². The minimum atomic E-state index is 0.564. The van der Waals surface area contributed by atoms with Crippen LogP contribution in [-0.2, 0) is 11.3 Å². The Labute approximate surface area is 79.0 Å². The highest BCUT2D eigenvalue weighted by Crippen LogP contribution is 2.00. The van der Waals surface area contributed by atoms with E-state index in [0.717, 1.165) is 6.42 Å². The molecule has 1 rings (SSSR count). The predicted octanol–water partition coefficient (Wildman–Crippen LogP) is 2.51. The summed E-state index contributed by atoms with van der Waals surface area (Å²) >= 11 is 0. The standard InChI is InChI=1S/C11H13NO/c1-12-8-5-9-13-10-11-6-3-2-4-7-11/h2-4,6-7H,5,8-10H2. The number of hydrogen-bond donors (Lipinski definition) is 0. The van der Waals surface area contributed by atoms with Gasteiger partial charge in [0.05, 0.1) is 13.2 Å². The molecule has 0 aliphatic heterocycles. The molecule has 0 atom stereocenters. The fourth-order valence-corrected chi connectivity index (χ4v) is 1.01. The van der Waals surface area contributed by atoms with Crippen molar-refractivity contribution in [1.82, 2.24) is 0 Å². The summed E-state index contributed by atoms with van der Waals surface area (Å²) in [6.07, 6.45) is 0.830. The Morgan fingerprint density at radius 2 is 2.00 bits per heavy atom. The number of benzene rings is 1. The van der Waals surface area contributed by atoms with Crippen molar-refractivity contribution in [2.75, 3.05) is 13.2 Å². The van der Waals surface area contributed by atoms with Crippen molar-refractivity contribution in [1.29, 1.82) is 0 Å². The second-order valence-corrected chi connectivity index (χ2v) is 2.77. The molecule has 13 heavy (non-hydrogen) atoms. The molecule has 0 aromatic heterocycles. The third-order valence-electron chi connectivity index (χ3n) is 1.67. The van der Waals surface area contributed by atoms with Gasteiger partial charge in [-0.3, -0.25) is 0 Å². The Balaban J connectivity index is 2.11. The molecule has 0 bridgehead atoms. The molecule has 0 spiro atoms. The van der Waals surface area contributed by atoms with Gasteiger partial charge in [0.25, 0.3) is 0 Å². The van der Waals surface area contributed by atoms with Crippen LogP contribution in [0.3, 0.4) is 0 Å². The van der Waals surface area contributed by atoms with E-state index in [1.165, 1.54) is 5.56 Å². The monoisotopic (exact) mass is 175 g/mol. The Morgan fingerprint density at radius 1 is 1.23 bits per heavy atom. The van der Waals surface area contributed by atoms with E-state index >= 15 is 0 Å². The Bertz CT molecular complexity index is 263. The number of ether oxygens (including phenoxy) is 1. The molecule has 1 aromatic carbocycles. The van der Waals surface area contributed by atoms with Crippen LogP contribution < -0.4 is 0 Å². The molecule has 0 aliphatic rings. The normalized spacial score (nSPS) is 9.46. The lowest BCUT2D eigenvalue weighted by atomic mass is 10.2. The summed E-state index contributed by atoms with van der Waals surface area (Å²) in [5, 5.41) is 0. The van der Waals surface area contributed by atoms with Crippen molar-refractivity contribution < 1.29 is 4.74 Å². The molecule has 68 valence electrons. The average Bonchev–Trinajstić information content (AvgIpc) is 2.19. The van der Waals surface area contributed by atoms with E-state index in [1.807, 2.05) is 30.3 Å². The molecule has 0 unspecified atom stereocenters. The summed E-state index contributed by atoms with van der Waals surface area (Å²) in [5.41, 5.74) is 1.19. The van der Waals surface area contributed by atoms with E-state index in [0.29, 0.717) is 19.8 Å². The summed E-state index contributed by atoms with van der Waals surface area (Å²) in [6.45, 7) is 8.47. The first-order chi connectivity index (χ1) is 6.43. The average molecular weight is 175 g/mol. The zero-order valence-corrected chi connectivity index (χ0v) is 7.57. The van der Waals surface area contributed by atoms with Crippen LogP contribution in [0, 0.1) is 6.57 Å². The van der Waals surface area contributed by atoms with Gasteiger partial charge in [0, 0.05) is 6.42 Å². The SMILES string of the molecule is [C-]#[N+]CCCOCc1ccccc1. The third-order valence-corrected chi connectivity index (χ3v) is 1.67. The van der Waals surface area contributed by atoms with E-state index in [2.05, 4.69) is 4.85 Å². The molecule has 2 heteroatoms. The Morgan fingerprint density at radius 3 is 2.69 bits per heavy atom. The molecule has 0 fully saturated rings. The van der Waals surface area contributed by atoms with E-state index in [9.17, 15) is 0 Å². The first-order valence-corrected chi connectivity index (χ1v) is 4.38. The predicted molar refractivity (Wildman–Crippen MR) is 52.2 cm³/mol. The Hall–Kier alpha value is -1.33. The maximum atomic E-state index is 6.57. The number of rotatable bonds is 5. The van der Waals surface area contributed by atoms with Crippen molar-refractivity contribution >= 4 is 0 Å². The van der Waals surface area contributed by atoms with Gasteiger partial charge in [0.2, 0.25) is 6.54 Å². The molecule has 2 nitrogen and oxygen atoms in total. The molecule has 1 aromatic rings. The van der Waals surface area contributed by atoms with Crippen LogP contribution in [0.5, 0.6) is 0 Å². The summed E-state index contributed by atoms with van der Waals surface area (Å²) < 4.78 is 5.38. The third kappa shape index (κ3) is 4.29. The zero-order chi connectivity index (χ0) is 9.36. The second kappa shape index (κ2) is 6.22. The Kier molecular flexibility index (Phi) is 4.66. The molecular weight excluding hydrogens is 162 g/mol. The van der Waals surface area contributed by atoms with Crippen molar-refractivity contribution in [3.05, 3.63) is 47.3 Å². The molecule has 0 saturated carbocycles. The molecular formula is C11H13NO. The van der Waals surface area contributed by atoms with Crippen molar-refractivity contribution in [3.63, 3.8) is 0 Å². The van der Waals surface area contributed by atoms with Gasteiger partial charge >= 0.3 is 0 Å². The fraction of sp³-hybridized carbons (Fsp3) is 0.364. The van der Waals surface area contributed by atoms with Crippen LogP contribution in [-0.4, -0.2) is 13.2 Å². The van der Waals surface area contributed by atoms with Gasteiger partial charge in [-0.2, -0.15) is 0 Å². The van der Waals surface area contributed by atoms with E-state index in [4.69, 9.17) is 11.3 Å². The van der Waals surface area contributed by atoms with Gasteiger partial charge in [-0.25, -0.2) is 6.57 Å². The molecule has 0 saturated heterocycles. The quantitative estimate of drug-likeness (QED) is 0.495. The van der Waals surface area contributed by atoms with Gasteiger partial charge in [-0.15, -0.1) is 0 Å². The highest BCUT2D eigenvalue weighted by molar-refractivity contribution is 5.13. The van der Waals surface area contributed by atoms with Gasteiger partial charge in [0.1, 0.15) is 0 Å². The molecule has 0 aliphatic carbocycles. The smallest absolute Gasteiger partial charge is 0.216 e. The minimum absolute atomic E-state index is 0.564. The number of nitrogens with zero attached hydrogens (tertiary/aromatic N) is 1. The van der Waals surface area contributed by atoms with Gasteiger partial charge in [-0.1, -0.05) is 30.3 Å². The maximum absolute atomic E-state index is 6.57. The van der Waals surface area contributed by atoms with E-state index in [1.54, 1.807) is 0 Å². The largest absolute Gasteiger partial charge is 0.376 e. The highest BCUT2D eigenvalue weighted by Gasteiger charge is 1.92. The molecule has 0 N–H and O–H groups in total. The van der Waals surface area contributed by atoms with E-state index < -0.39 is 0 Å². The van der Waals surface area contributed by atoms with Crippen molar-refractivity contribution in [2.24, 2.45) is 0 Å². The molecule has 0 amide bonds. The first kappa shape index (κ1) is 9.76. The van der Waals surface area contributed by atoms with Crippen molar-refractivity contribution in [2.45, 2.75) is 13.0 Å². The lowest BCUT2D eigenvalue weighted by molar-refractivity contribution is 0.121. The van der Waals surface area contributed by atoms with E-state index in [-0.39, 0.29) is 0 Å². The second-order valence-electron chi connectivity index (χ2n) is 2.77. The molecule has 0 heterocycles. The van der Waals surface area contributed by atoms with Crippen molar-refractivity contribution in [3.8, 4) is 0 Å². The fourth-order valence-electron chi connectivity index (χ4n) is 1.01. The van der Waals surface area contributed by atoms with Crippen LogP contribution in [0.1, 0.15) is 12.0 Å². The zero-order valence-electron chi connectivity index (χ0n) is 7.57. The van der Waals surface area contributed by atoms with Crippen LogP contribution >= 0.6 is 0 Å². The van der Waals surface area contributed by atoms with Crippen LogP contribution in [0.4, 0.5) is 0 Å². The summed E-state index contributed by atoms with van der Waals surface area (Å²) in [7, 11) is 0. The van der Waals surface area contributed by atoms with Gasteiger partial charge in [-0.05, 0) is 5.56 Å². The number of hydrogen-bond acceptors (Lipinski definition) is 1. The van der Waals surface area contributed by atoms with Crippen LogP contribution in [0.25, 0.3) is 4.85 Å². The highest BCUT2D eigenvalue weighted by atomic mass is 16.5. The van der Waals surface area contributed by atoms with Gasteiger partial charge in [0.15, 0.2) is 0 Å². The van der Waals surface area contributed by atoms with Crippen LogP contribution in [0.2, 0.25) is 0 Å². The first-order valence-electron chi connectivity index (χ1n) is 4.38. The summed E-state index contributed by atoms with van der Waals surface area (Å²) in [4.78, 5) is 3.25. The lowest BCUT2D eigenvalue weighted by Crippen LogP contribution is -1.96. The maximum Gasteiger partial charge on any atom is 0.216 e. The minimum Gasteiger partial charge on any atom is -0.376 e. The summed E-state index contributed by atoms with van der Waals surface area (Å²) in [6, 6.07) is 10.1. The topological polar surface area (TPSA) is 13.6 Å². The van der Waals surface area contributed by atoms with Crippen LogP contribution in [0.15, 0.2) is 30.3 Å². The summed E-state index contributed by atoms with van der Waals surface area (Å²) in [5.74, 6) is 0. The molecule has 0 radical (unpaired) electrons.